The highest BCUT2D eigenvalue weighted by Gasteiger charge is 1.89. The molecule has 0 rings (SSSR count). The lowest BCUT2D eigenvalue weighted by Gasteiger charge is -1.95. The Morgan fingerprint density at radius 1 is 1.45 bits per heavy atom. The molecule has 0 bridgehead atoms. The average Bonchev–Trinajstić information content (AvgIpc) is 2.05. The maximum Gasteiger partial charge on any atom is 0.139 e. The summed E-state index contributed by atoms with van der Waals surface area (Å²) >= 11 is 0. The third kappa shape index (κ3) is 12.5. The molecule has 0 unspecified atom stereocenters. The number of nitrogens with two attached hydrogens (primary N) is 1. The molecule has 0 aromatic heterocycles. The summed E-state index contributed by atoms with van der Waals surface area (Å²) in [7, 11) is 1.50. The summed E-state index contributed by atoms with van der Waals surface area (Å²) in [6.45, 7) is 6.11. The molecule has 0 radical (unpaired) electrons. The lowest BCUT2D eigenvalue weighted by atomic mass is 10.2. The van der Waals surface area contributed by atoms with Crippen LogP contribution in [0.1, 0.15) is 40.0 Å². The molecule has 0 atom stereocenters. The molecule has 2 N–H and O–H groups in total. The van der Waals surface area contributed by atoms with Crippen molar-refractivity contribution in [3.05, 3.63) is 0 Å². The summed E-state index contributed by atoms with van der Waals surface area (Å²) in [5.74, 6) is 0.583. The van der Waals surface area contributed by atoms with E-state index in [-0.39, 0.29) is 0 Å². The summed E-state index contributed by atoms with van der Waals surface area (Å²) in [6, 6.07) is 0. The molecule has 11 heavy (non-hydrogen) atoms. The van der Waals surface area contributed by atoms with E-state index in [4.69, 9.17) is 5.73 Å². The molecule has 3 nitrogen and oxygen atoms in total. The second kappa shape index (κ2) is 12.0. The minimum Gasteiger partial charge on any atom is -0.398 e. The summed E-state index contributed by atoms with van der Waals surface area (Å²) in [6.07, 6.45) is 3.06. The van der Waals surface area contributed by atoms with Crippen LogP contribution < -0.4 is 5.73 Å². The van der Waals surface area contributed by atoms with Gasteiger partial charge in [-0.15, -0.1) is 0 Å². The number of unbranched alkanes of at least 4 members (excludes halogenated alkanes) is 1. The highest BCUT2D eigenvalue weighted by molar-refractivity contribution is 5.79. The smallest absolute Gasteiger partial charge is 0.139 e. The Bertz CT molecular complexity index is 92.1. The Balaban J connectivity index is 0. The zero-order chi connectivity index (χ0) is 9.11. The second-order valence-electron chi connectivity index (χ2n) is 1.87. The zero-order valence-electron chi connectivity index (χ0n) is 8.05. The molecular formula is C8H20N2O. The molecule has 0 heterocycles. The van der Waals surface area contributed by atoms with Gasteiger partial charge in [-0.05, 0) is 6.42 Å². The molecular weight excluding hydrogens is 140 g/mol. The van der Waals surface area contributed by atoms with Gasteiger partial charge in [-0.1, -0.05) is 32.3 Å². The van der Waals surface area contributed by atoms with Gasteiger partial charge in [0.15, 0.2) is 0 Å². The zero-order valence-corrected chi connectivity index (χ0v) is 8.05. The first-order chi connectivity index (χ1) is 5.31. The van der Waals surface area contributed by atoms with Crippen LogP contribution in [0.4, 0.5) is 0 Å². The van der Waals surface area contributed by atoms with E-state index in [1.807, 2.05) is 13.8 Å². The van der Waals surface area contributed by atoms with Gasteiger partial charge in [0, 0.05) is 6.42 Å². The number of amidine groups is 1. The van der Waals surface area contributed by atoms with E-state index in [0.29, 0.717) is 5.84 Å². The van der Waals surface area contributed by atoms with Gasteiger partial charge in [-0.3, -0.25) is 0 Å². The Kier molecular flexibility index (Phi) is 14.1. The number of hydrogen-bond donors (Lipinski definition) is 1. The fraction of sp³-hybridized carbons (Fsp3) is 0.875. The van der Waals surface area contributed by atoms with E-state index in [0.717, 1.165) is 19.3 Å². The van der Waals surface area contributed by atoms with Crippen LogP contribution >= 0.6 is 0 Å². The van der Waals surface area contributed by atoms with Gasteiger partial charge in [-0.25, -0.2) is 0 Å². The highest BCUT2D eigenvalue weighted by atomic mass is 16.6. The van der Waals surface area contributed by atoms with Crippen molar-refractivity contribution < 1.29 is 4.84 Å². The van der Waals surface area contributed by atoms with E-state index >= 15 is 0 Å². The molecule has 68 valence electrons. The SMILES string of the molecule is CC.CCCC/C(N)=N/OC. The standard InChI is InChI=1S/C6H14N2O.C2H6/c1-3-4-5-6(7)8-9-2;1-2/h3-5H2,1-2H3,(H2,7,8);1-2H3. The monoisotopic (exact) mass is 160 g/mol. The van der Waals surface area contributed by atoms with Crippen LogP contribution in [-0.4, -0.2) is 12.9 Å². The van der Waals surface area contributed by atoms with Crippen LogP contribution in [0.5, 0.6) is 0 Å². The average molecular weight is 160 g/mol. The van der Waals surface area contributed by atoms with E-state index in [2.05, 4.69) is 16.9 Å². The molecule has 0 fully saturated rings. The normalized spacial score (nSPS) is 10.0. The quantitative estimate of drug-likeness (QED) is 0.389. The van der Waals surface area contributed by atoms with Crippen molar-refractivity contribution in [1.29, 1.82) is 0 Å². The Morgan fingerprint density at radius 2 is 2.00 bits per heavy atom. The number of rotatable bonds is 4. The summed E-state index contributed by atoms with van der Waals surface area (Å²) in [5.41, 5.74) is 5.40. The minimum atomic E-state index is 0.583. The Morgan fingerprint density at radius 3 is 2.36 bits per heavy atom. The summed E-state index contributed by atoms with van der Waals surface area (Å²) in [5, 5.41) is 3.56. The van der Waals surface area contributed by atoms with E-state index < -0.39 is 0 Å². The van der Waals surface area contributed by atoms with Crippen LogP contribution in [-0.2, 0) is 4.84 Å². The Hall–Kier alpha value is -0.730. The molecule has 0 aliphatic heterocycles. The molecule has 0 aromatic rings. The van der Waals surface area contributed by atoms with Gasteiger partial charge in [-0.2, -0.15) is 0 Å². The van der Waals surface area contributed by atoms with Crippen LogP contribution in [0.15, 0.2) is 5.16 Å². The maximum atomic E-state index is 5.40. The van der Waals surface area contributed by atoms with Crippen molar-refractivity contribution in [3.8, 4) is 0 Å². The molecule has 0 amide bonds. The molecule has 0 aliphatic rings. The van der Waals surface area contributed by atoms with Crippen LogP contribution in [0.3, 0.4) is 0 Å². The van der Waals surface area contributed by atoms with E-state index in [1.54, 1.807) is 0 Å². The van der Waals surface area contributed by atoms with Crippen LogP contribution in [0, 0.1) is 0 Å². The first-order valence-corrected chi connectivity index (χ1v) is 4.16. The number of oxime groups is 1. The van der Waals surface area contributed by atoms with Crippen molar-refractivity contribution in [2.75, 3.05) is 7.11 Å². The fourth-order valence-electron chi connectivity index (χ4n) is 0.521. The summed E-state index contributed by atoms with van der Waals surface area (Å²) < 4.78 is 0. The van der Waals surface area contributed by atoms with E-state index in [1.165, 1.54) is 7.11 Å². The third-order valence-corrected chi connectivity index (χ3v) is 0.995. The topological polar surface area (TPSA) is 47.6 Å². The van der Waals surface area contributed by atoms with Crippen LogP contribution in [0.2, 0.25) is 0 Å². The second-order valence-corrected chi connectivity index (χ2v) is 1.87. The Labute approximate surface area is 69.6 Å². The van der Waals surface area contributed by atoms with Gasteiger partial charge in [0.05, 0.1) is 0 Å². The van der Waals surface area contributed by atoms with Crippen molar-refractivity contribution >= 4 is 5.84 Å². The minimum absolute atomic E-state index is 0.583. The first kappa shape index (κ1) is 12.9. The number of hydrogen-bond acceptors (Lipinski definition) is 2. The van der Waals surface area contributed by atoms with Gasteiger partial charge in [0.1, 0.15) is 12.9 Å². The van der Waals surface area contributed by atoms with Gasteiger partial charge >= 0.3 is 0 Å². The van der Waals surface area contributed by atoms with Crippen molar-refractivity contribution in [2.24, 2.45) is 10.9 Å². The lowest BCUT2D eigenvalue weighted by molar-refractivity contribution is 0.212. The van der Waals surface area contributed by atoms with Gasteiger partial charge in [0.25, 0.3) is 0 Å². The number of nitrogens with zero attached hydrogens (tertiary/aromatic N) is 1. The predicted octanol–water partition coefficient (Wildman–Crippen LogP) is 2.12. The van der Waals surface area contributed by atoms with E-state index in [9.17, 15) is 0 Å². The van der Waals surface area contributed by atoms with Crippen molar-refractivity contribution in [3.63, 3.8) is 0 Å². The van der Waals surface area contributed by atoms with Crippen molar-refractivity contribution in [1.82, 2.24) is 0 Å². The summed E-state index contributed by atoms with van der Waals surface area (Å²) in [4.78, 5) is 4.46. The largest absolute Gasteiger partial charge is 0.398 e. The van der Waals surface area contributed by atoms with Gasteiger partial charge < -0.3 is 10.6 Å². The highest BCUT2D eigenvalue weighted by Crippen LogP contribution is 1.92. The lowest BCUT2D eigenvalue weighted by Crippen LogP contribution is -2.11. The molecule has 0 saturated heterocycles. The third-order valence-electron chi connectivity index (χ3n) is 0.995. The van der Waals surface area contributed by atoms with Crippen molar-refractivity contribution in [2.45, 2.75) is 40.0 Å². The molecule has 3 heteroatoms. The van der Waals surface area contributed by atoms with Gasteiger partial charge in [0.2, 0.25) is 0 Å². The fourth-order valence-corrected chi connectivity index (χ4v) is 0.521. The first-order valence-electron chi connectivity index (χ1n) is 4.16. The predicted molar refractivity (Wildman–Crippen MR) is 49.5 cm³/mol. The van der Waals surface area contributed by atoms with Crippen LogP contribution in [0.25, 0.3) is 0 Å². The molecule has 0 aromatic carbocycles. The molecule has 0 spiro atoms. The maximum absolute atomic E-state index is 5.40. The molecule has 0 saturated carbocycles. The molecule has 0 aliphatic carbocycles.